The molecule has 11 rings (SSSR count). The van der Waals surface area contributed by atoms with Crippen LogP contribution < -0.4 is 0 Å². The van der Waals surface area contributed by atoms with E-state index in [1.54, 1.807) is 0 Å². The fourth-order valence-electron chi connectivity index (χ4n) is 8.70. The van der Waals surface area contributed by atoms with E-state index in [0.717, 1.165) is 33.6 Å². The summed E-state index contributed by atoms with van der Waals surface area (Å²) in [5.74, 6) is 1.35. The Kier molecular flexibility index (Phi) is 6.02. The summed E-state index contributed by atoms with van der Waals surface area (Å²) in [4.78, 5) is 18.7. The molecular formula is C45H30N4O2. The van der Waals surface area contributed by atoms with E-state index in [2.05, 4.69) is 125 Å². The minimum absolute atomic E-state index is 0.497. The summed E-state index contributed by atoms with van der Waals surface area (Å²) in [5.41, 5.74) is 15.7. The SMILES string of the molecule is c1ccc2c(c1)-c1ccccc1C21c2cc(-c3ccc(C4=NCCO4)cn3)ccc2-c2ccc3cc(-c4ccc(C5=NCCO5)cn4)ccc3c21. The second-order valence-electron chi connectivity index (χ2n) is 13.5. The topological polar surface area (TPSA) is 69.0 Å². The first kappa shape index (κ1) is 28.4. The molecule has 0 unspecified atom stereocenters. The lowest BCUT2D eigenvalue weighted by molar-refractivity contribution is 0.348. The molecule has 1 spiro atoms. The van der Waals surface area contributed by atoms with Gasteiger partial charge in [-0.05, 0) is 91.7 Å². The molecule has 4 aliphatic rings. The first-order valence-corrected chi connectivity index (χ1v) is 17.5. The van der Waals surface area contributed by atoms with Crippen LogP contribution in [0.15, 0.2) is 144 Å². The summed E-state index contributed by atoms with van der Waals surface area (Å²) in [6.07, 6.45) is 3.74. The maximum atomic E-state index is 5.70. The van der Waals surface area contributed by atoms with Gasteiger partial charge in [-0.2, -0.15) is 0 Å². The van der Waals surface area contributed by atoms with Crippen LogP contribution in [0.3, 0.4) is 0 Å². The maximum absolute atomic E-state index is 5.70. The minimum Gasteiger partial charge on any atom is -0.475 e. The summed E-state index contributed by atoms with van der Waals surface area (Å²) >= 11 is 0. The number of nitrogens with zero attached hydrogens (tertiary/aromatic N) is 4. The zero-order chi connectivity index (χ0) is 33.5. The van der Waals surface area contributed by atoms with Gasteiger partial charge >= 0.3 is 0 Å². The van der Waals surface area contributed by atoms with Gasteiger partial charge < -0.3 is 9.47 Å². The van der Waals surface area contributed by atoms with Gasteiger partial charge in [0.05, 0.1) is 41.0 Å². The Balaban J connectivity index is 1.11. The van der Waals surface area contributed by atoms with E-state index in [9.17, 15) is 0 Å². The van der Waals surface area contributed by atoms with Gasteiger partial charge in [-0.1, -0.05) is 84.9 Å². The Morgan fingerprint density at radius 1 is 0.471 bits per heavy atom. The zero-order valence-corrected chi connectivity index (χ0v) is 27.6. The van der Waals surface area contributed by atoms with Crippen molar-refractivity contribution in [2.24, 2.45) is 9.98 Å². The van der Waals surface area contributed by atoms with E-state index in [4.69, 9.17) is 19.4 Å². The number of fused-ring (bicyclic) bond motifs is 12. The molecule has 0 amide bonds. The van der Waals surface area contributed by atoms with Crippen LogP contribution in [0.1, 0.15) is 33.4 Å². The summed E-state index contributed by atoms with van der Waals surface area (Å²) in [7, 11) is 0. The lowest BCUT2D eigenvalue weighted by atomic mass is 9.69. The highest BCUT2D eigenvalue weighted by atomic mass is 16.5. The highest BCUT2D eigenvalue weighted by molar-refractivity contribution is 6.05. The monoisotopic (exact) mass is 658 g/mol. The van der Waals surface area contributed by atoms with Crippen LogP contribution in [0.4, 0.5) is 0 Å². The molecule has 0 saturated carbocycles. The van der Waals surface area contributed by atoms with Gasteiger partial charge in [-0.3, -0.25) is 9.97 Å². The van der Waals surface area contributed by atoms with Crippen LogP contribution in [0.25, 0.3) is 55.5 Å². The number of hydrogen-bond donors (Lipinski definition) is 0. The Morgan fingerprint density at radius 3 is 1.61 bits per heavy atom. The molecule has 2 aliphatic heterocycles. The predicted molar refractivity (Wildman–Crippen MR) is 201 cm³/mol. The van der Waals surface area contributed by atoms with E-state index < -0.39 is 5.41 Å². The van der Waals surface area contributed by atoms with Crippen molar-refractivity contribution in [3.8, 4) is 44.8 Å². The van der Waals surface area contributed by atoms with Crippen LogP contribution in [0.5, 0.6) is 0 Å². The van der Waals surface area contributed by atoms with Crippen LogP contribution in [0.2, 0.25) is 0 Å². The van der Waals surface area contributed by atoms with Crippen molar-refractivity contribution in [1.82, 2.24) is 9.97 Å². The number of aliphatic imine (C=N–C) groups is 2. The third-order valence-electron chi connectivity index (χ3n) is 10.8. The van der Waals surface area contributed by atoms with E-state index in [0.29, 0.717) is 38.1 Å². The number of ether oxygens (including phenoxy) is 2. The zero-order valence-electron chi connectivity index (χ0n) is 27.6. The highest BCUT2D eigenvalue weighted by Gasteiger charge is 2.52. The number of aromatic nitrogens is 2. The fourth-order valence-corrected chi connectivity index (χ4v) is 8.70. The molecule has 2 aliphatic carbocycles. The van der Waals surface area contributed by atoms with Gasteiger partial charge in [0.15, 0.2) is 0 Å². The summed E-state index contributed by atoms with van der Waals surface area (Å²) < 4.78 is 11.4. The smallest absolute Gasteiger partial charge is 0.217 e. The number of hydrogen-bond acceptors (Lipinski definition) is 6. The first-order valence-electron chi connectivity index (χ1n) is 17.5. The van der Waals surface area contributed by atoms with Crippen LogP contribution in [-0.2, 0) is 14.9 Å². The molecule has 7 aromatic rings. The maximum Gasteiger partial charge on any atom is 0.217 e. The first-order chi connectivity index (χ1) is 25.3. The van der Waals surface area contributed by atoms with Crippen LogP contribution in [0, 0.1) is 0 Å². The van der Waals surface area contributed by atoms with E-state index in [1.165, 1.54) is 55.3 Å². The lowest BCUT2D eigenvalue weighted by Crippen LogP contribution is -2.26. The Hall–Kier alpha value is -6.40. The number of pyridine rings is 2. The quantitative estimate of drug-likeness (QED) is 0.190. The van der Waals surface area contributed by atoms with Crippen molar-refractivity contribution in [2.45, 2.75) is 5.41 Å². The Morgan fingerprint density at radius 2 is 1.02 bits per heavy atom. The molecule has 242 valence electrons. The molecule has 5 aromatic carbocycles. The Bertz CT molecular complexity index is 2590. The molecule has 0 fully saturated rings. The molecule has 6 nitrogen and oxygen atoms in total. The van der Waals surface area contributed by atoms with E-state index in [-0.39, 0.29) is 0 Å². The van der Waals surface area contributed by atoms with Crippen molar-refractivity contribution in [1.29, 1.82) is 0 Å². The van der Waals surface area contributed by atoms with Crippen molar-refractivity contribution in [3.63, 3.8) is 0 Å². The summed E-state index contributed by atoms with van der Waals surface area (Å²) in [5, 5.41) is 2.43. The molecule has 0 N–H and O–H groups in total. The third kappa shape index (κ3) is 4.04. The van der Waals surface area contributed by atoms with Crippen LogP contribution >= 0.6 is 0 Å². The number of benzene rings is 5. The van der Waals surface area contributed by atoms with Crippen molar-refractivity contribution in [2.75, 3.05) is 26.3 Å². The average Bonchev–Trinajstić information content (AvgIpc) is 4.02. The van der Waals surface area contributed by atoms with Crippen molar-refractivity contribution in [3.05, 3.63) is 167 Å². The second-order valence-corrected chi connectivity index (χ2v) is 13.5. The molecule has 0 radical (unpaired) electrons. The molecule has 6 heteroatoms. The number of rotatable bonds is 4. The third-order valence-corrected chi connectivity index (χ3v) is 10.8. The normalized spacial score (nSPS) is 15.8. The van der Waals surface area contributed by atoms with Gasteiger partial charge in [-0.25, -0.2) is 9.98 Å². The summed E-state index contributed by atoms with van der Waals surface area (Å²) in [6.45, 7) is 2.65. The van der Waals surface area contributed by atoms with E-state index in [1.807, 2.05) is 18.5 Å². The van der Waals surface area contributed by atoms with E-state index >= 15 is 0 Å². The Labute approximate surface area is 294 Å². The van der Waals surface area contributed by atoms with Gasteiger partial charge in [0.2, 0.25) is 11.8 Å². The van der Waals surface area contributed by atoms with Gasteiger partial charge in [0.1, 0.15) is 13.2 Å². The molecule has 0 bridgehead atoms. The van der Waals surface area contributed by atoms with Gasteiger partial charge in [0, 0.05) is 23.5 Å². The minimum atomic E-state index is -0.497. The predicted octanol–water partition coefficient (Wildman–Crippen LogP) is 8.86. The molecule has 4 heterocycles. The molecular weight excluding hydrogens is 629 g/mol. The molecule has 51 heavy (non-hydrogen) atoms. The highest BCUT2D eigenvalue weighted by Crippen LogP contribution is 2.64. The summed E-state index contributed by atoms with van der Waals surface area (Å²) in [6, 6.07) is 44.4. The standard InChI is InChI=1S/C45H30N4O2/c1-3-7-37-33(5-1)34-6-2-4-8-38(34)45(37)39-24-29(41-18-13-31(26-49-41)44-47-20-22-51-44)11-15-35(39)36-16-9-27-23-28(10-14-32(27)42(36)45)40-17-12-30(25-48-40)43-46-19-21-50-43/h1-18,23-26H,19-22H2. The van der Waals surface area contributed by atoms with Crippen molar-refractivity contribution >= 4 is 22.6 Å². The van der Waals surface area contributed by atoms with Gasteiger partial charge in [0.25, 0.3) is 0 Å². The lowest BCUT2D eigenvalue weighted by Gasteiger charge is -2.31. The largest absolute Gasteiger partial charge is 0.475 e. The molecule has 0 saturated heterocycles. The van der Waals surface area contributed by atoms with Gasteiger partial charge in [-0.15, -0.1) is 0 Å². The molecule has 2 aromatic heterocycles. The second kappa shape index (κ2) is 10.8. The average molecular weight is 659 g/mol. The molecule has 0 atom stereocenters. The fraction of sp³-hybridized carbons (Fsp3) is 0.111. The van der Waals surface area contributed by atoms with Crippen LogP contribution in [-0.4, -0.2) is 48.1 Å². The van der Waals surface area contributed by atoms with Crippen molar-refractivity contribution < 1.29 is 9.47 Å².